The van der Waals surface area contributed by atoms with E-state index in [1.807, 2.05) is 54.9 Å². The molecule has 2 heterocycles. The molecule has 1 aromatic carbocycles. The van der Waals surface area contributed by atoms with Crippen LogP contribution in [0.15, 0.2) is 42.6 Å². The standard InChI is InChI=1S/C22H26N4O2S2/c1-4-28-21(27)19-18(17-9-6-5-7-10-17)16(3)30-20(19)25-22(29)23-12-8-14-26-15(2)11-13-24-26/h5-7,9-11,13H,4,8,12,14H2,1-3H3,(H2,23,25,29). The molecule has 0 fully saturated rings. The Morgan fingerprint density at radius 1 is 1.23 bits per heavy atom. The number of carbonyl (C=O) groups is 1. The molecule has 2 N–H and O–H groups in total. The maximum Gasteiger partial charge on any atom is 0.341 e. The molecule has 0 spiro atoms. The number of aromatic nitrogens is 2. The van der Waals surface area contributed by atoms with Gasteiger partial charge in [0, 0.05) is 35.4 Å². The van der Waals surface area contributed by atoms with Gasteiger partial charge in [0.2, 0.25) is 0 Å². The van der Waals surface area contributed by atoms with Gasteiger partial charge < -0.3 is 15.4 Å². The third kappa shape index (κ3) is 5.25. The van der Waals surface area contributed by atoms with Gasteiger partial charge in [0.15, 0.2) is 5.11 Å². The summed E-state index contributed by atoms with van der Waals surface area (Å²) < 4.78 is 7.30. The summed E-state index contributed by atoms with van der Waals surface area (Å²) >= 11 is 6.97. The summed E-state index contributed by atoms with van der Waals surface area (Å²) in [6.45, 7) is 7.68. The molecule has 3 rings (SSSR count). The first-order valence-electron chi connectivity index (χ1n) is 9.90. The molecule has 0 aliphatic rings. The third-order valence-corrected chi connectivity index (χ3v) is 5.88. The van der Waals surface area contributed by atoms with Gasteiger partial charge in [-0.05, 0) is 51.0 Å². The van der Waals surface area contributed by atoms with Crippen LogP contribution in [0.2, 0.25) is 0 Å². The Hall–Kier alpha value is -2.71. The minimum absolute atomic E-state index is 0.316. The van der Waals surface area contributed by atoms with E-state index >= 15 is 0 Å². The Labute approximate surface area is 186 Å². The Balaban J connectivity index is 1.70. The van der Waals surface area contributed by atoms with Crippen LogP contribution in [0.5, 0.6) is 0 Å². The summed E-state index contributed by atoms with van der Waals surface area (Å²) in [5.41, 5.74) is 3.54. The molecule has 158 valence electrons. The molecule has 0 saturated heterocycles. The van der Waals surface area contributed by atoms with Gasteiger partial charge in [0.05, 0.1) is 6.61 Å². The van der Waals surface area contributed by atoms with Crippen molar-refractivity contribution >= 4 is 39.6 Å². The summed E-state index contributed by atoms with van der Waals surface area (Å²) in [4.78, 5) is 13.8. The number of hydrogen-bond acceptors (Lipinski definition) is 5. The Kier molecular flexibility index (Phi) is 7.59. The zero-order chi connectivity index (χ0) is 21.5. The van der Waals surface area contributed by atoms with Crippen molar-refractivity contribution in [1.82, 2.24) is 15.1 Å². The molecular formula is C22H26N4O2S2. The molecule has 8 heteroatoms. The molecule has 30 heavy (non-hydrogen) atoms. The predicted molar refractivity (Wildman–Crippen MR) is 126 cm³/mol. The predicted octanol–water partition coefficient (Wildman–Crippen LogP) is 4.78. The highest BCUT2D eigenvalue weighted by atomic mass is 32.1. The van der Waals surface area contributed by atoms with Crippen molar-refractivity contribution < 1.29 is 9.53 Å². The molecule has 0 saturated carbocycles. The molecule has 6 nitrogen and oxygen atoms in total. The number of aryl methyl sites for hydroxylation is 3. The van der Waals surface area contributed by atoms with Crippen LogP contribution in [0.3, 0.4) is 0 Å². The Bertz CT molecular complexity index is 1010. The van der Waals surface area contributed by atoms with Gasteiger partial charge in [-0.1, -0.05) is 30.3 Å². The number of ether oxygens (including phenoxy) is 1. The number of hydrogen-bond donors (Lipinski definition) is 2. The lowest BCUT2D eigenvalue weighted by atomic mass is 10.0. The van der Waals surface area contributed by atoms with Crippen LogP contribution in [-0.2, 0) is 11.3 Å². The highest BCUT2D eigenvalue weighted by Gasteiger charge is 2.24. The van der Waals surface area contributed by atoms with Crippen LogP contribution in [0.25, 0.3) is 11.1 Å². The second-order valence-corrected chi connectivity index (χ2v) is 8.39. The summed E-state index contributed by atoms with van der Waals surface area (Å²) in [6.07, 6.45) is 2.68. The highest BCUT2D eigenvalue weighted by molar-refractivity contribution is 7.80. The summed E-state index contributed by atoms with van der Waals surface area (Å²) in [7, 11) is 0. The number of benzene rings is 1. The SMILES string of the molecule is CCOC(=O)c1c(NC(=S)NCCCn2nccc2C)sc(C)c1-c1ccccc1. The third-order valence-electron chi connectivity index (χ3n) is 4.61. The van der Waals surface area contributed by atoms with Crippen molar-refractivity contribution in [3.8, 4) is 11.1 Å². The lowest BCUT2D eigenvalue weighted by Gasteiger charge is -2.12. The molecule has 2 aromatic heterocycles. The average molecular weight is 443 g/mol. The maximum atomic E-state index is 12.7. The van der Waals surface area contributed by atoms with Gasteiger partial charge in [-0.3, -0.25) is 4.68 Å². The van der Waals surface area contributed by atoms with Crippen molar-refractivity contribution in [2.24, 2.45) is 0 Å². The zero-order valence-electron chi connectivity index (χ0n) is 17.4. The average Bonchev–Trinajstić information content (AvgIpc) is 3.28. The van der Waals surface area contributed by atoms with Crippen LogP contribution in [-0.4, -0.2) is 34.0 Å². The number of esters is 1. The van der Waals surface area contributed by atoms with Crippen LogP contribution in [0.1, 0.15) is 34.3 Å². The number of thiophene rings is 1. The molecule has 0 bridgehead atoms. The van der Waals surface area contributed by atoms with Gasteiger partial charge >= 0.3 is 5.97 Å². The molecule has 0 atom stereocenters. The molecule has 0 aliphatic heterocycles. The summed E-state index contributed by atoms with van der Waals surface area (Å²) in [5.74, 6) is -0.347. The summed E-state index contributed by atoms with van der Waals surface area (Å²) in [6, 6.07) is 11.9. The quantitative estimate of drug-likeness (QED) is 0.297. The molecule has 0 unspecified atom stereocenters. The van der Waals surface area contributed by atoms with Crippen molar-refractivity contribution in [3.63, 3.8) is 0 Å². The van der Waals surface area contributed by atoms with Crippen molar-refractivity contribution in [3.05, 3.63) is 58.7 Å². The minimum Gasteiger partial charge on any atom is -0.462 e. The largest absolute Gasteiger partial charge is 0.462 e. The zero-order valence-corrected chi connectivity index (χ0v) is 19.0. The van der Waals surface area contributed by atoms with E-state index in [9.17, 15) is 4.79 Å². The second kappa shape index (κ2) is 10.4. The van der Waals surface area contributed by atoms with E-state index in [4.69, 9.17) is 17.0 Å². The summed E-state index contributed by atoms with van der Waals surface area (Å²) in [5, 5.41) is 11.9. The van der Waals surface area contributed by atoms with E-state index in [2.05, 4.69) is 15.7 Å². The second-order valence-electron chi connectivity index (χ2n) is 6.75. The monoisotopic (exact) mass is 442 g/mol. The molecule has 0 amide bonds. The van der Waals surface area contributed by atoms with E-state index in [1.165, 1.54) is 11.3 Å². The molecule has 0 radical (unpaired) electrons. The first kappa shape index (κ1) is 22.0. The van der Waals surface area contributed by atoms with Crippen LogP contribution < -0.4 is 10.6 Å². The van der Waals surface area contributed by atoms with Crippen LogP contribution in [0, 0.1) is 13.8 Å². The van der Waals surface area contributed by atoms with E-state index in [-0.39, 0.29) is 5.97 Å². The van der Waals surface area contributed by atoms with E-state index in [0.29, 0.717) is 28.8 Å². The number of nitrogens with one attached hydrogen (secondary N) is 2. The molecule has 3 aromatic rings. The lowest BCUT2D eigenvalue weighted by Crippen LogP contribution is -2.30. The van der Waals surface area contributed by atoms with Crippen LogP contribution >= 0.6 is 23.6 Å². The maximum absolute atomic E-state index is 12.7. The van der Waals surface area contributed by atoms with E-state index < -0.39 is 0 Å². The van der Waals surface area contributed by atoms with Gasteiger partial charge in [-0.25, -0.2) is 4.79 Å². The molecule has 0 aliphatic carbocycles. The minimum atomic E-state index is -0.347. The van der Waals surface area contributed by atoms with Crippen molar-refractivity contribution in [2.45, 2.75) is 33.7 Å². The van der Waals surface area contributed by atoms with E-state index in [1.54, 1.807) is 13.1 Å². The Morgan fingerprint density at radius 3 is 2.67 bits per heavy atom. The van der Waals surface area contributed by atoms with Crippen LogP contribution in [0.4, 0.5) is 5.00 Å². The topological polar surface area (TPSA) is 68.2 Å². The van der Waals surface area contributed by atoms with Crippen molar-refractivity contribution in [2.75, 3.05) is 18.5 Å². The molecular weight excluding hydrogens is 416 g/mol. The van der Waals surface area contributed by atoms with Gasteiger partial charge in [0.1, 0.15) is 10.6 Å². The van der Waals surface area contributed by atoms with E-state index in [0.717, 1.165) is 34.7 Å². The van der Waals surface area contributed by atoms with Gasteiger partial charge in [-0.2, -0.15) is 5.10 Å². The van der Waals surface area contributed by atoms with Gasteiger partial charge in [0.25, 0.3) is 0 Å². The number of thiocarbonyl (C=S) groups is 1. The number of anilines is 1. The number of rotatable bonds is 8. The fourth-order valence-corrected chi connectivity index (χ4v) is 4.53. The Morgan fingerprint density at radius 2 is 2.00 bits per heavy atom. The van der Waals surface area contributed by atoms with Crippen molar-refractivity contribution in [1.29, 1.82) is 0 Å². The highest BCUT2D eigenvalue weighted by Crippen LogP contribution is 2.40. The fraction of sp³-hybridized carbons (Fsp3) is 0.318. The van der Waals surface area contributed by atoms with Gasteiger partial charge in [-0.15, -0.1) is 11.3 Å². The first-order valence-corrected chi connectivity index (χ1v) is 11.1. The fourth-order valence-electron chi connectivity index (χ4n) is 3.19. The first-order chi connectivity index (χ1) is 14.5. The number of nitrogens with zero attached hydrogens (tertiary/aromatic N) is 2. The lowest BCUT2D eigenvalue weighted by molar-refractivity contribution is 0.0529. The number of carbonyl (C=O) groups excluding carboxylic acids is 1. The smallest absolute Gasteiger partial charge is 0.341 e. The normalized spacial score (nSPS) is 10.6.